The summed E-state index contributed by atoms with van der Waals surface area (Å²) in [4.78, 5) is 28.5. The van der Waals surface area contributed by atoms with Crippen LogP contribution in [0.3, 0.4) is 0 Å². The maximum atomic E-state index is 13.2. The molecule has 6 nitrogen and oxygen atoms in total. The normalized spacial score (nSPS) is 31.6. The molecule has 2 N–H and O–H groups in total. The first-order chi connectivity index (χ1) is 13.1. The van der Waals surface area contributed by atoms with Gasteiger partial charge in [0, 0.05) is 5.54 Å². The van der Waals surface area contributed by atoms with Crippen LogP contribution >= 0.6 is 0 Å². The van der Waals surface area contributed by atoms with E-state index in [2.05, 4.69) is 15.4 Å². The van der Waals surface area contributed by atoms with Gasteiger partial charge in [0.05, 0.1) is 17.1 Å². The molecule has 0 spiro atoms. The van der Waals surface area contributed by atoms with Gasteiger partial charge >= 0.3 is 0 Å². The van der Waals surface area contributed by atoms with Gasteiger partial charge in [-0.2, -0.15) is 5.10 Å². The van der Waals surface area contributed by atoms with Crippen molar-refractivity contribution in [3.05, 3.63) is 46.4 Å². The predicted octanol–water partition coefficient (Wildman–Crippen LogP) is 2.87. The Labute approximate surface area is 156 Å². The highest BCUT2D eigenvalue weighted by Crippen LogP contribution is 2.55. The molecular weight excluding hydrogens is 340 g/mol. The fraction of sp³-hybridized carbons (Fsp3) is 0.476. The van der Waals surface area contributed by atoms with E-state index in [0.717, 1.165) is 37.0 Å². The lowest BCUT2D eigenvalue weighted by molar-refractivity contribution is -0.0166. The molecule has 0 radical (unpaired) electrons. The first-order valence-corrected chi connectivity index (χ1v) is 9.91. The highest BCUT2D eigenvalue weighted by atomic mass is 16.2. The molecule has 0 unspecified atom stereocenters. The highest BCUT2D eigenvalue weighted by Gasteiger charge is 2.51. The van der Waals surface area contributed by atoms with Crippen molar-refractivity contribution in [3.63, 3.8) is 0 Å². The number of nitrogens with one attached hydrogen (secondary N) is 2. The van der Waals surface area contributed by atoms with E-state index in [-0.39, 0.29) is 17.0 Å². The first-order valence-electron chi connectivity index (χ1n) is 9.91. The van der Waals surface area contributed by atoms with Gasteiger partial charge in [0.1, 0.15) is 11.2 Å². The van der Waals surface area contributed by atoms with Crippen molar-refractivity contribution in [1.29, 1.82) is 0 Å². The van der Waals surface area contributed by atoms with E-state index in [4.69, 9.17) is 0 Å². The number of carbonyl (C=O) groups is 1. The third-order valence-electron chi connectivity index (χ3n) is 7.04. The Kier molecular flexibility index (Phi) is 2.98. The third-order valence-corrected chi connectivity index (χ3v) is 7.04. The van der Waals surface area contributed by atoms with E-state index in [9.17, 15) is 9.59 Å². The molecule has 4 fully saturated rings. The third kappa shape index (κ3) is 2.22. The van der Waals surface area contributed by atoms with Crippen molar-refractivity contribution in [2.24, 2.45) is 17.8 Å². The van der Waals surface area contributed by atoms with Gasteiger partial charge in [-0.15, -0.1) is 0 Å². The zero-order valence-electron chi connectivity index (χ0n) is 15.1. The molecule has 2 heterocycles. The molecule has 4 bridgehead atoms. The summed E-state index contributed by atoms with van der Waals surface area (Å²) in [6, 6.07) is 7.32. The molecule has 6 heteroatoms. The molecule has 3 aromatic rings. The summed E-state index contributed by atoms with van der Waals surface area (Å²) in [7, 11) is 0. The van der Waals surface area contributed by atoms with E-state index in [1.54, 1.807) is 16.8 Å². The van der Waals surface area contributed by atoms with E-state index in [1.807, 2.05) is 18.2 Å². The lowest BCUT2D eigenvalue weighted by Crippen LogP contribution is -2.59. The standard InChI is InChI=1S/C21H22N4O2/c26-19-15-3-1-2-4-17(15)25-18(23-19)16(11-22-25)20(27)24-21-8-12-5-13(9-21)7-14(6-12)10-21/h1-4,11-14H,5-10H2,(H,23,26)(H,24,27). The average molecular weight is 362 g/mol. The van der Waals surface area contributed by atoms with Crippen LogP contribution in [-0.4, -0.2) is 26.0 Å². The van der Waals surface area contributed by atoms with Crippen LogP contribution in [0.2, 0.25) is 0 Å². The summed E-state index contributed by atoms with van der Waals surface area (Å²) in [6.07, 6.45) is 8.89. The number of nitrogens with zero attached hydrogens (tertiary/aromatic N) is 2. The minimum atomic E-state index is -0.192. The van der Waals surface area contributed by atoms with E-state index < -0.39 is 0 Å². The molecule has 4 aliphatic carbocycles. The maximum absolute atomic E-state index is 13.2. The van der Waals surface area contributed by atoms with Gasteiger partial charge < -0.3 is 10.3 Å². The lowest BCUT2D eigenvalue weighted by Gasteiger charge is -2.56. The molecule has 0 saturated heterocycles. The van der Waals surface area contributed by atoms with E-state index in [0.29, 0.717) is 22.1 Å². The van der Waals surface area contributed by atoms with Crippen LogP contribution in [0.4, 0.5) is 0 Å². The van der Waals surface area contributed by atoms with Gasteiger partial charge in [0.25, 0.3) is 11.5 Å². The van der Waals surface area contributed by atoms with Gasteiger partial charge in [0.15, 0.2) is 0 Å². The van der Waals surface area contributed by atoms with Gasteiger partial charge in [0.2, 0.25) is 0 Å². The second-order valence-corrected chi connectivity index (χ2v) is 8.94. The van der Waals surface area contributed by atoms with Crippen molar-refractivity contribution in [2.45, 2.75) is 44.1 Å². The number of carbonyl (C=O) groups excluding carboxylic acids is 1. The van der Waals surface area contributed by atoms with Crippen molar-refractivity contribution in [2.75, 3.05) is 0 Å². The molecule has 27 heavy (non-hydrogen) atoms. The molecule has 7 rings (SSSR count). The first kappa shape index (κ1) is 15.4. The number of hydrogen-bond donors (Lipinski definition) is 2. The van der Waals surface area contributed by atoms with Crippen LogP contribution in [0, 0.1) is 17.8 Å². The molecule has 138 valence electrons. The Morgan fingerprint density at radius 2 is 1.78 bits per heavy atom. The Hall–Kier alpha value is -2.63. The number of benzene rings is 1. The number of amides is 1. The molecule has 4 saturated carbocycles. The molecule has 0 aliphatic heterocycles. The summed E-state index contributed by atoms with van der Waals surface area (Å²) >= 11 is 0. The molecule has 0 atom stereocenters. The number of H-pyrrole nitrogens is 1. The Bertz CT molecular complexity index is 1110. The molecule has 1 aromatic carbocycles. The van der Waals surface area contributed by atoms with Gasteiger partial charge in [-0.25, -0.2) is 4.52 Å². The summed E-state index contributed by atoms with van der Waals surface area (Å²) in [5.74, 6) is 2.19. The van der Waals surface area contributed by atoms with Gasteiger partial charge in [-0.05, 0) is 68.4 Å². The average Bonchev–Trinajstić information content (AvgIpc) is 3.04. The number of aromatic amines is 1. The summed E-state index contributed by atoms with van der Waals surface area (Å²) in [6.45, 7) is 0. The number of para-hydroxylation sites is 1. The van der Waals surface area contributed by atoms with Crippen molar-refractivity contribution in [1.82, 2.24) is 19.9 Å². The van der Waals surface area contributed by atoms with Crippen LogP contribution in [0.25, 0.3) is 16.6 Å². The number of rotatable bonds is 2. The van der Waals surface area contributed by atoms with E-state index >= 15 is 0 Å². The maximum Gasteiger partial charge on any atom is 0.259 e. The van der Waals surface area contributed by atoms with Gasteiger partial charge in [-0.3, -0.25) is 9.59 Å². The number of fused-ring (bicyclic) bond motifs is 3. The van der Waals surface area contributed by atoms with Crippen LogP contribution in [0.5, 0.6) is 0 Å². The number of aromatic nitrogens is 3. The highest BCUT2D eigenvalue weighted by molar-refractivity contribution is 6.01. The fourth-order valence-corrected chi connectivity index (χ4v) is 6.41. The lowest BCUT2D eigenvalue weighted by atomic mass is 9.53. The second kappa shape index (κ2) is 5.21. The van der Waals surface area contributed by atoms with Crippen molar-refractivity contribution >= 4 is 22.5 Å². The SMILES string of the molecule is O=C(NC12CC3CC(CC(C3)C1)C2)c1cnn2c1[nH]c(=O)c1ccccc12. The Balaban J connectivity index is 1.40. The van der Waals surface area contributed by atoms with Crippen LogP contribution in [0.15, 0.2) is 35.3 Å². The van der Waals surface area contributed by atoms with Crippen LogP contribution in [0.1, 0.15) is 48.9 Å². The molecular formula is C21H22N4O2. The van der Waals surface area contributed by atoms with Crippen LogP contribution in [-0.2, 0) is 0 Å². The molecule has 4 aliphatic rings. The van der Waals surface area contributed by atoms with Gasteiger partial charge in [-0.1, -0.05) is 12.1 Å². The Morgan fingerprint density at radius 1 is 1.11 bits per heavy atom. The smallest absolute Gasteiger partial charge is 0.259 e. The number of hydrogen-bond acceptors (Lipinski definition) is 3. The van der Waals surface area contributed by atoms with Crippen molar-refractivity contribution < 1.29 is 4.79 Å². The zero-order valence-corrected chi connectivity index (χ0v) is 15.1. The minimum Gasteiger partial charge on any atom is -0.346 e. The monoisotopic (exact) mass is 362 g/mol. The van der Waals surface area contributed by atoms with Crippen LogP contribution < -0.4 is 10.9 Å². The largest absolute Gasteiger partial charge is 0.346 e. The zero-order chi connectivity index (χ0) is 18.2. The van der Waals surface area contributed by atoms with E-state index in [1.165, 1.54) is 19.3 Å². The minimum absolute atomic E-state index is 0.0583. The quantitative estimate of drug-likeness (QED) is 0.736. The second-order valence-electron chi connectivity index (χ2n) is 8.94. The Morgan fingerprint density at radius 3 is 2.48 bits per heavy atom. The van der Waals surface area contributed by atoms with Crippen molar-refractivity contribution in [3.8, 4) is 0 Å². The summed E-state index contributed by atoms with van der Waals surface area (Å²) < 4.78 is 1.66. The topological polar surface area (TPSA) is 79.3 Å². The predicted molar refractivity (Wildman–Crippen MR) is 102 cm³/mol. The summed E-state index contributed by atoms with van der Waals surface area (Å²) in [5.41, 5.74) is 1.39. The molecule has 1 amide bonds. The molecule has 2 aromatic heterocycles. The fourth-order valence-electron chi connectivity index (χ4n) is 6.41. The summed E-state index contributed by atoms with van der Waals surface area (Å²) in [5, 5.41) is 8.33.